The van der Waals surface area contributed by atoms with Crippen LogP contribution in [0.25, 0.3) is 108 Å². The van der Waals surface area contributed by atoms with Crippen LogP contribution in [0.2, 0.25) is 0 Å². The van der Waals surface area contributed by atoms with E-state index in [0.717, 1.165) is 72.1 Å². The average molecular weight is 784 g/mol. The fourth-order valence-electron chi connectivity index (χ4n) is 9.46. The number of thiophene rings is 1. The molecule has 0 fully saturated rings. The summed E-state index contributed by atoms with van der Waals surface area (Å²) >= 11 is 1.84. The predicted molar refractivity (Wildman–Crippen MR) is 254 cm³/mol. The summed E-state index contributed by atoms with van der Waals surface area (Å²) in [5, 5.41) is 11.8. The van der Waals surface area contributed by atoms with Gasteiger partial charge < -0.3 is 13.7 Å². The maximum atomic E-state index is 6.92. The van der Waals surface area contributed by atoms with Gasteiger partial charge in [-0.3, -0.25) is 0 Å². The van der Waals surface area contributed by atoms with E-state index < -0.39 is 0 Å². The van der Waals surface area contributed by atoms with Crippen molar-refractivity contribution in [2.24, 2.45) is 0 Å². The lowest BCUT2D eigenvalue weighted by Gasteiger charge is -2.27. The van der Waals surface area contributed by atoms with E-state index in [0.29, 0.717) is 0 Å². The number of anilines is 3. The number of benzene rings is 10. The first kappa shape index (κ1) is 33.3. The molecule has 0 aliphatic carbocycles. The van der Waals surface area contributed by atoms with Crippen LogP contribution >= 0.6 is 11.3 Å². The van der Waals surface area contributed by atoms with Gasteiger partial charge in [0.2, 0.25) is 0 Å². The first-order valence-electron chi connectivity index (χ1n) is 20.3. The molecule has 60 heavy (non-hydrogen) atoms. The predicted octanol–water partition coefficient (Wildman–Crippen LogP) is 17.0. The van der Waals surface area contributed by atoms with Gasteiger partial charge in [0.15, 0.2) is 0 Å². The number of hydrogen-bond donors (Lipinski definition) is 0. The number of furan rings is 2. The molecule has 0 aliphatic rings. The third-order valence-electron chi connectivity index (χ3n) is 12.2. The molecule has 3 aromatic heterocycles. The Labute approximate surface area is 348 Å². The van der Waals surface area contributed by atoms with E-state index in [1.54, 1.807) is 0 Å². The highest BCUT2D eigenvalue weighted by molar-refractivity contribution is 7.26. The molecule has 13 rings (SSSR count). The molecule has 0 amide bonds. The molecule has 3 nitrogen and oxygen atoms in total. The summed E-state index contributed by atoms with van der Waals surface area (Å²) in [5.41, 5.74) is 11.2. The van der Waals surface area contributed by atoms with Gasteiger partial charge in [0.1, 0.15) is 22.3 Å². The molecule has 3 heterocycles. The van der Waals surface area contributed by atoms with Gasteiger partial charge in [-0.15, -0.1) is 11.3 Å². The molecule has 10 aromatic carbocycles. The third kappa shape index (κ3) is 5.01. The standard InChI is InChI=1S/C56H33NO2S/c1-2-13-41-35(10-1)22-23-36-24-25-37(33-47(36)41)34-26-28-39(29-27-34)57(48-18-9-21-52-53(48)46-15-4-6-20-51(46)60-52)40-12-7-11-38(32-40)42-16-8-17-43-44-30-31-50-54(56(44)59-55(42)43)45-14-3-5-19-49(45)58-50/h1-33H. The minimum absolute atomic E-state index is 0.831. The summed E-state index contributed by atoms with van der Waals surface area (Å²) in [6.45, 7) is 0. The van der Waals surface area contributed by atoms with Gasteiger partial charge >= 0.3 is 0 Å². The zero-order chi connectivity index (χ0) is 39.3. The van der Waals surface area contributed by atoms with Gasteiger partial charge in [-0.1, -0.05) is 133 Å². The SMILES string of the molecule is c1cc(-c2cccc3c2oc2c3ccc3oc4ccccc4c32)cc(N(c2ccc(-c3ccc4ccc5ccccc5c4c3)cc2)c2cccc3sc4ccccc4c23)c1. The summed E-state index contributed by atoms with van der Waals surface area (Å²) in [6.07, 6.45) is 0. The Morgan fingerprint density at radius 3 is 1.97 bits per heavy atom. The summed E-state index contributed by atoms with van der Waals surface area (Å²) in [5.74, 6) is 0. The smallest absolute Gasteiger partial charge is 0.147 e. The number of para-hydroxylation sites is 2. The fraction of sp³-hybridized carbons (Fsp3) is 0. The number of rotatable bonds is 5. The van der Waals surface area contributed by atoms with Crippen LogP contribution < -0.4 is 4.90 Å². The first-order chi connectivity index (χ1) is 29.7. The lowest BCUT2D eigenvalue weighted by Crippen LogP contribution is -2.10. The topological polar surface area (TPSA) is 29.5 Å². The molecule has 0 aliphatic heterocycles. The summed E-state index contributed by atoms with van der Waals surface area (Å²) in [7, 11) is 0. The van der Waals surface area contributed by atoms with Gasteiger partial charge in [-0.2, -0.15) is 0 Å². The molecule has 0 N–H and O–H groups in total. The minimum atomic E-state index is 0.831. The van der Waals surface area contributed by atoms with Crippen LogP contribution in [0, 0.1) is 0 Å². The molecule has 13 aromatic rings. The second-order valence-corrected chi connectivity index (χ2v) is 16.7. The average Bonchev–Trinajstić information content (AvgIpc) is 4.01. The molecule has 0 saturated heterocycles. The van der Waals surface area contributed by atoms with Crippen molar-refractivity contribution in [2.75, 3.05) is 4.90 Å². The van der Waals surface area contributed by atoms with Crippen LogP contribution in [0.1, 0.15) is 0 Å². The molecule has 0 spiro atoms. The number of nitrogens with zero attached hydrogens (tertiary/aromatic N) is 1. The lowest BCUT2D eigenvalue weighted by atomic mass is 9.97. The fourth-order valence-corrected chi connectivity index (χ4v) is 10.6. The Hall–Kier alpha value is -7.66. The van der Waals surface area contributed by atoms with E-state index in [1.807, 2.05) is 23.5 Å². The third-order valence-corrected chi connectivity index (χ3v) is 13.4. The van der Waals surface area contributed by atoms with Crippen LogP contribution in [-0.2, 0) is 0 Å². The van der Waals surface area contributed by atoms with Gasteiger partial charge in [-0.05, 0) is 105 Å². The normalized spacial score (nSPS) is 12.0. The monoisotopic (exact) mass is 783 g/mol. The molecule has 0 bridgehead atoms. The van der Waals surface area contributed by atoms with Gasteiger partial charge in [-0.25, -0.2) is 0 Å². The van der Waals surface area contributed by atoms with Crippen molar-refractivity contribution in [3.63, 3.8) is 0 Å². The van der Waals surface area contributed by atoms with E-state index >= 15 is 0 Å². The Morgan fingerprint density at radius 1 is 0.350 bits per heavy atom. The van der Waals surface area contributed by atoms with E-state index in [2.05, 4.69) is 193 Å². The van der Waals surface area contributed by atoms with Gasteiger partial charge in [0.25, 0.3) is 0 Å². The van der Waals surface area contributed by atoms with Crippen LogP contribution in [0.5, 0.6) is 0 Å². The molecule has 4 heteroatoms. The van der Waals surface area contributed by atoms with Crippen molar-refractivity contribution < 1.29 is 8.83 Å². The Bertz CT molecular complexity index is 3850. The summed E-state index contributed by atoms with van der Waals surface area (Å²) in [6, 6.07) is 72.2. The Morgan fingerprint density at radius 2 is 1.05 bits per heavy atom. The highest BCUT2D eigenvalue weighted by Gasteiger charge is 2.21. The highest BCUT2D eigenvalue weighted by Crippen LogP contribution is 2.47. The first-order valence-corrected chi connectivity index (χ1v) is 21.1. The van der Waals surface area contributed by atoms with Crippen molar-refractivity contribution >= 4 is 114 Å². The second-order valence-electron chi connectivity index (χ2n) is 15.6. The van der Waals surface area contributed by atoms with Crippen LogP contribution in [-0.4, -0.2) is 0 Å². The lowest BCUT2D eigenvalue weighted by molar-refractivity contribution is 0.663. The van der Waals surface area contributed by atoms with Crippen LogP contribution in [0.15, 0.2) is 209 Å². The molecule has 280 valence electrons. The van der Waals surface area contributed by atoms with E-state index in [9.17, 15) is 0 Å². The molecular formula is C56H33NO2S. The molecule has 0 radical (unpaired) electrons. The van der Waals surface area contributed by atoms with Crippen molar-refractivity contribution in [1.82, 2.24) is 0 Å². The van der Waals surface area contributed by atoms with Gasteiger partial charge in [0.05, 0.1) is 11.1 Å². The molecule has 0 saturated carbocycles. The van der Waals surface area contributed by atoms with Crippen molar-refractivity contribution in [3.8, 4) is 22.3 Å². The largest absolute Gasteiger partial charge is 0.456 e. The van der Waals surface area contributed by atoms with Crippen LogP contribution in [0.4, 0.5) is 17.1 Å². The molecular weight excluding hydrogens is 751 g/mol. The highest BCUT2D eigenvalue weighted by atomic mass is 32.1. The Balaban J connectivity index is 0.985. The van der Waals surface area contributed by atoms with E-state index in [4.69, 9.17) is 8.83 Å². The van der Waals surface area contributed by atoms with Crippen molar-refractivity contribution in [2.45, 2.75) is 0 Å². The van der Waals surface area contributed by atoms with E-state index in [-0.39, 0.29) is 0 Å². The van der Waals surface area contributed by atoms with Crippen molar-refractivity contribution in [1.29, 1.82) is 0 Å². The maximum absolute atomic E-state index is 6.92. The number of fused-ring (bicyclic) bond motifs is 13. The molecule has 0 atom stereocenters. The minimum Gasteiger partial charge on any atom is -0.456 e. The summed E-state index contributed by atoms with van der Waals surface area (Å²) < 4.78 is 15.7. The second kappa shape index (κ2) is 12.9. The zero-order valence-corrected chi connectivity index (χ0v) is 33.0. The molecule has 0 unspecified atom stereocenters. The Kier molecular flexibility index (Phi) is 7.18. The van der Waals surface area contributed by atoms with Crippen LogP contribution in [0.3, 0.4) is 0 Å². The number of hydrogen-bond acceptors (Lipinski definition) is 4. The van der Waals surface area contributed by atoms with Crippen molar-refractivity contribution in [3.05, 3.63) is 200 Å². The zero-order valence-electron chi connectivity index (χ0n) is 32.2. The maximum Gasteiger partial charge on any atom is 0.147 e. The van der Waals surface area contributed by atoms with E-state index in [1.165, 1.54) is 52.8 Å². The quantitative estimate of drug-likeness (QED) is 0.163. The summed E-state index contributed by atoms with van der Waals surface area (Å²) in [4.78, 5) is 2.42. The van der Waals surface area contributed by atoms with Gasteiger partial charge in [0, 0.05) is 53.3 Å².